The van der Waals surface area contributed by atoms with Gasteiger partial charge in [-0.2, -0.15) is 0 Å². The highest BCUT2D eigenvalue weighted by atomic mass is 16.3. The maximum atomic E-state index is 12.2. The lowest BCUT2D eigenvalue weighted by Crippen LogP contribution is -2.39. The number of benzene rings is 1. The number of carbonyl (C=O) groups excluding carboxylic acids is 1. The quantitative estimate of drug-likeness (QED) is 0.848. The molecule has 0 radical (unpaired) electrons. The molecule has 1 aromatic carbocycles. The van der Waals surface area contributed by atoms with Crippen molar-refractivity contribution in [2.75, 3.05) is 20.6 Å². The van der Waals surface area contributed by atoms with Gasteiger partial charge in [0.25, 0.3) is 0 Å². The largest absolute Gasteiger partial charge is 0.468 e. The minimum atomic E-state index is -0.661. The standard InChI is InChI=1S/C16H21N3O2/c1-19(2)13(14-9-6-10-21-14)11-18-16(20)15(17)12-7-4-3-5-8-12/h3-10,13,15H,11,17H2,1-2H3,(H,18,20)/t13?,15-/m0/s1. The van der Waals surface area contributed by atoms with Gasteiger partial charge in [-0.05, 0) is 31.8 Å². The summed E-state index contributed by atoms with van der Waals surface area (Å²) in [7, 11) is 3.88. The Morgan fingerprint density at radius 3 is 2.52 bits per heavy atom. The molecule has 1 unspecified atom stereocenters. The number of nitrogens with two attached hydrogens (primary N) is 1. The molecule has 5 heteroatoms. The Hall–Kier alpha value is -2.11. The fourth-order valence-electron chi connectivity index (χ4n) is 2.14. The average Bonchev–Trinajstić information content (AvgIpc) is 3.01. The third-order valence-electron chi connectivity index (χ3n) is 3.41. The molecule has 2 aromatic rings. The molecule has 0 bridgehead atoms. The predicted molar refractivity (Wildman–Crippen MR) is 81.5 cm³/mol. The molecule has 0 fully saturated rings. The van der Waals surface area contributed by atoms with Crippen molar-refractivity contribution in [3.8, 4) is 0 Å². The number of nitrogens with zero attached hydrogens (tertiary/aromatic N) is 1. The van der Waals surface area contributed by atoms with E-state index in [4.69, 9.17) is 10.2 Å². The normalized spacial score (nSPS) is 13.9. The Kier molecular flexibility index (Phi) is 5.14. The number of rotatable bonds is 6. The van der Waals surface area contributed by atoms with Gasteiger partial charge in [0.05, 0.1) is 12.3 Å². The summed E-state index contributed by atoms with van der Waals surface area (Å²) < 4.78 is 5.41. The van der Waals surface area contributed by atoms with Crippen molar-refractivity contribution in [2.45, 2.75) is 12.1 Å². The Balaban J connectivity index is 1.96. The van der Waals surface area contributed by atoms with Crippen molar-refractivity contribution in [1.82, 2.24) is 10.2 Å². The third-order valence-corrected chi connectivity index (χ3v) is 3.41. The number of hydrogen-bond acceptors (Lipinski definition) is 4. The van der Waals surface area contributed by atoms with Gasteiger partial charge in [-0.15, -0.1) is 0 Å². The maximum Gasteiger partial charge on any atom is 0.241 e. The summed E-state index contributed by atoms with van der Waals surface area (Å²) in [6.45, 7) is 0.444. The summed E-state index contributed by atoms with van der Waals surface area (Å²) >= 11 is 0. The van der Waals surface area contributed by atoms with E-state index in [0.29, 0.717) is 6.54 Å². The van der Waals surface area contributed by atoms with Gasteiger partial charge in [0, 0.05) is 6.54 Å². The molecule has 2 rings (SSSR count). The molecule has 3 N–H and O–H groups in total. The Morgan fingerprint density at radius 1 is 1.24 bits per heavy atom. The lowest BCUT2D eigenvalue weighted by atomic mass is 10.1. The second-order valence-electron chi connectivity index (χ2n) is 5.13. The van der Waals surface area contributed by atoms with Gasteiger partial charge in [-0.25, -0.2) is 0 Å². The molecule has 1 aromatic heterocycles. The monoisotopic (exact) mass is 287 g/mol. The van der Waals surface area contributed by atoms with Crippen molar-refractivity contribution < 1.29 is 9.21 Å². The highest BCUT2D eigenvalue weighted by Gasteiger charge is 2.20. The Morgan fingerprint density at radius 2 is 1.95 bits per heavy atom. The van der Waals surface area contributed by atoms with Gasteiger partial charge in [-0.3, -0.25) is 9.69 Å². The van der Waals surface area contributed by atoms with Crippen molar-refractivity contribution >= 4 is 5.91 Å². The van der Waals surface area contributed by atoms with Crippen LogP contribution in [0.15, 0.2) is 53.1 Å². The lowest BCUT2D eigenvalue weighted by Gasteiger charge is -2.23. The van der Waals surface area contributed by atoms with Crippen LogP contribution in [0.3, 0.4) is 0 Å². The van der Waals surface area contributed by atoms with Gasteiger partial charge in [0.15, 0.2) is 0 Å². The highest BCUT2D eigenvalue weighted by molar-refractivity contribution is 5.82. The predicted octanol–water partition coefficient (Wildman–Crippen LogP) is 1.70. The smallest absolute Gasteiger partial charge is 0.241 e. The number of carbonyl (C=O) groups is 1. The van der Waals surface area contributed by atoms with Gasteiger partial charge < -0.3 is 15.5 Å². The van der Waals surface area contributed by atoms with Crippen LogP contribution in [0, 0.1) is 0 Å². The third kappa shape index (κ3) is 3.93. The molecule has 21 heavy (non-hydrogen) atoms. The van der Waals surface area contributed by atoms with Crippen LogP contribution in [0.5, 0.6) is 0 Å². The number of furan rings is 1. The molecule has 0 spiro atoms. The zero-order chi connectivity index (χ0) is 15.2. The van der Waals surface area contributed by atoms with Crippen molar-refractivity contribution in [3.63, 3.8) is 0 Å². The summed E-state index contributed by atoms with van der Waals surface area (Å²) in [5, 5.41) is 2.89. The first-order valence-electron chi connectivity index (χ1n) is 6.87. The van der Waals surface area contributed by atoms with Crippen LogP contribution >= 0.6 is 0 Å². The lowest BCUT2D eigenvalue weighted by molar-refractivity contribution is -0.122. The maximum absolute atomic E-state index is 12.2. The van der Waals surface area contributed by atoms with E-state index in [1.54, 1.807) is 6.26 Å². The average molecular weight is 287 g/mol. The Bertz CT molecular complexity index is 552. The Labute approximate surface area is 124 Å². The first kappa shape index (κ1) is 15.3. The molecular weight excluding hydrogens is 266 g/mol. The molecule has 2 atom stereocenters. The van der Waals surface area contributed by atoms with E-state index in [1.165, 1.54) is 0 Å². The van der Waals surface area contributed by atoms with Crippen molar-refractivity contribution in [1.29, 1.82) is 0 Å². The van der Waals surface area contributed by atoms with Crippen LogP contribution in [0.4, 0.5) is 0 Å². The van der Waals surface area contributed by atoms with Crippen LogP contribution in [0.2, 0.25) is 0 Å². The molecular formula is C16H21N3O2. The minimum Gasteiger partial charge on any atom is -0.468 e. The summed E-state index contributed by atoms with van der Waals surface area (Å²) in [4.78, 5) is 14.1. The van der Waals surface area contributed by atoms with Gasteiger partial charge >= 0.3 is 0 Å². The molecule has 0 saturated carbocycles. The van der Waals surface area contributed by atoms with Crippen LogP contribution in [0.25, 0.3) is 0 Å². The summed E-state index contributed by atoms with van der Waals surface area (Å²) in [6.07, 6.45) is 1.63. The first-order chi connectivity index (χ1) is 10.1. The second kappa shape index (κ2) is 7.06. The molecule has 0 saturated heterocycles. The van der Waals surface area contributed by atoms with Gasteiger partial charge in [-0.1, -0.05) is 30.3 Å². The minimum absolute atomic E-state index is 0.0214. The van der Waals surface area contributed by atoms with E-state index in [1.807, 2.05) is 61.5 Å². The summed E-state index contributed by atoms with van der Waals surface area (Å²) in [5.74, 6) is 0.619. The second-order valence-corrected chi connectivity index (χ2v) is 5.13. The fourth-order valence-corrected chi connectivity index (χ4v) is 2.14. The van der Waals surface area contributed by atoms with Crippen LogP contribution in [-0.2, 0) is 4.79 Å². The molecule has 112 valence electrons. The highest BCUT2D eigenvalue weighted by Crippen LogP contribution is 2.18. The molecule has 0 aliphatic carbocycles. The van der Waals surface area contributed by atoms with Crippen molar-refractivity contribution in [3.05, 3.63) is 60.1 Å². The molecule has 0 aliphatic rings. The first-order valence-corrected chi connectivity index (χ1v) is 6.87. The summed E-state index contributed by atoms with van der Waals surface area (Å²) in [6, 6.07) is 12.4. The fraction of sp³-hybridized carbons (Fsp3) is 0.312. The summed E-state index contributed by atoms with van der Waals surface area (Å²) in [5.41, 5.74) is 6.77. The van der Waals surface area contributed by atoms with E-state index in [-0.39, 0.29) is 11.9 Å². The van der Waals surface area contributed by atoms with Crippen molar-refractivity contribution in [2.24, 2.45) is 5.73 Å². The number of nitrogens with one attached hydrogen (secondary N) is 1. The number of likely N-dealkylation sites (N-methyl/N-ethyl adjacent to an activating group) is 1. The van der Waals surface area contributed by atoms with E-state index < -0.39 is 6.04 Å². The van der Waals surface area contributed by atoms with Crippen LogP contribution in [0.1, 0.15) is 23.4 Å². The SMILES string of the molecule is CN(C)C(CNC(=O)[C@@H](N)c1ccccc1)c1ccco1. The molecule has 1 heterocycles. The number of hydrogen-bond donors (Lipinski definition) is 2. The van der Waals surface area contributed by atoms with E-state index in [9.17, 15) is 4.79 Å². The topological polar surface area (TPSA) is 71.5 Å². The van der Waals surface area contributed by atoms with Crippen LogP contribution < -0.4 is 11.1 Å². The van der Waals surface area contributed by atoms with E-state index >= 15 is 0 Å². The zero-order valence-electron chi connectivity index (χ0n) is 12.3. The van der Waals surface area contributed by atoms with Gasteiger partial charge in [0.1, 0.15) is 11.8 Å². The molecule has 1 amide bonds. The van der Waals surface area contributed by atoms with E-state index in [0.717, 1.165) is 11.3 Å². The number of amides is 1. The molecule has 5 nitrogen and oxygen atoms in total. The van der Waals surface area contributed by atoms with Gasteiger partial charge in [0.2, 0.25) is 5.91 Å². The van der Waals surface area contributed by atoms with E-state index in [2.05, 4.69) is 5.32 Å². The zero-order valence-corrected chi connectivity index (χ0v) is 12.3. The molecule has 0 aliphatic heterocycles. The van der Waals surface area contributed by atoms with Crippen LogP contribution in [-0.4, -0.2) is 31.4 Å².